The third-order valence-corrected chi connectivity index (χ3v) is 3.87. The smallest absolute Gasteiger partial charge is 0.326 e. The Labute approximate surface area is 136 Å². The Kier molecular flexibility index (Phi) is 5.01. The van der Waals surface area contributed by atoms with Crippen LogP contribution in [0.1, 0.15) is 12.6 Å². The normalized spacial score (nSPS) is 11.0. The Morgan fingerprint density at radius 2 is 2.04 bits per heavy atom. The standard InChI is InChI=1S/C17H20N2O3Si/c1-5-22-15(20)12-19-10-8-13-6-7-14(9-11-23(2,3)4)18-16(13)17(19)21/h6-8,10H,5,12H2,1-4H3. The van der Waals surface area contributed by atoms with Crippen LogP contribution in [0.5, 0.6) is 0 Å². The van der Waals surface area contributed by atoms with Crippen LogP contribution in [0.2, 0.25) is 19.6 Å². The summed E-state index contributed by atoms with van der Waals surface area (Å²) in [5.41, 5.74) is 3.81. The Morgan fingerprint density at radius 1 is 1.30 bits per heavy atom. The molecule has 0 unspecified atom stereocenters. The molecule has 0 amide bonds. The van der Waals surface area contributed by atoms with E-state index in [1.54, 1.807) is 19.2 Å². The predicted molar refractivity (Wildman–Crippen MR) is 92.9 cm³/mol. The van der Waals surface area contributed by atoms with E-state index in [0.717, 1.165) is 5.39 Å². The van der Waals surface area contributed by atoms with Crippen LogP contribution >= 0.6 is 0 Å². The van der Waals surface area contributed by atoms with Gasteiger partial charge in [0.25, 0.3) is 5.56 Å². The van der Waals surface area contributed by atoms with E-state index >= 15 is 0 Å². The van der Waals surface area contributed by atoms with Gasteiger partial charge in [-0.2, -0.15) is 0 Å². The highest BCUT2D eigenvalue weighted by Gasteiger charge is 2.10. The van der Waals surface area contributed by atoms with Crippen molar-refractivity contribution in [3.8, 4) is 11.5 Å². The lowest BCUT2D eigenvalue weighted by Crippen LogP contribution is -2.25. The van der Waals surface area contributed by atoms with Crippen molar-refractivity contribution in [2.75, 3.05) is 6.61 Å². The van der Waals surface area contributed by atoms with E-state index in [9.17, 15) is 9.59 Å². The lowest BCUT2D eigenvalue weighted by Gasteiger charge is -2.07. The van der Waals surface area contributed by atoms with E-state index in [1.807, 2.05) is 12.1 Å². The van der Waals surface area contributed by atoms with Crippen molar-refractivity contribution in [3.63, 3.8) is 0 Å². The molecule has 5 nitrogen and oxygen atoms in total. The third kappa shape index (κ3) is 4.54. The van der Waals surface area contributed by atoms with E-state index in [0.29, 0.717) is 11.2 Å². The lowest BCUT2D eigenvalue weighted by atomic mass is 10.2. The number of esters is 1. The van der Waals surface area contributed by atoms with Crippen molar-refractivity contribution in [2.24, 2.45) is 0 Å². The van der Waals surface area contributed by atoms with Crippen LogP contribution in [0.4, 0.5) is 0 Å². The maximum Gasteiger partial charge on any atom is 0.326 e. The second kappa shape index (κ2) is 6.80. The first-order chi connectivity index (χ1) is 10.8. The molecule has 2 rings (SSSR count). The summed E-state index contributed by atoms with van der Waals surface area (Å²) < 4.78 is 6.18. The van der Waals surface area contributed by atoms with Gasteiger partial charge in [0.2, 0.25) is 0 Å². The minimum Gasteiger partial charge on any atom is -0.465 e. The molecule has 2 heterocycles. The fraction of sp³-hybridized carbons (Fsp3) is 0.353. The van der Waals surface area contributed by atoms with Crippen molar-refractivity contribution in [3.05, 3.63) is 40.4 Å². The van der Waals surface area contributed by atoms with Gasteiger partial charge in [-0.05, 0) is 25.1 Å². The summed E-state index contributed by atoms with van der Waals surface area (Å²) >= 11 is 0. The van der Waals surface area contributed by atoms with Gasteiger partial charge in [0.05, 0.1) is 6.61 Å². The molecule has 0 saturated carbocycles. The van der Waals surface area contributed by atoms with Crippen molar-refractivity contribution in [2.45, 2.75) is 33.1 Å². The molecule has 2 aromatic rings. The number of rotatable bonds is 3. The first-order valence-corrected chi connectivity index (χ1v) is 11.0. The van der Waals surface area contributed by atoms with Crippen LogP contribution < -0.4 is 5.56 Å². The number of carbonyl (C=O) groups is 1. The van der Waals surface area contributed by atoms with Crippen molar-refractivity contribution in [1.29, 1.82) is 0 Å². The summed E-state index contributed by atoms with van der Waals surface area (Å²) in [6.45, 7) is 8.34. The quantitative estimate of drug-likeness (QED) is 0.492. The molecule has 0 atom stereocenters. The Morgan fingerprint density at radius 3 is 2.70 bits per heavy atom. The number of nitrogens with zero attached hydrogens (tertiary/aromatic N) is 2. The van der Waals surface area contributed by atoms with Crippen LogP contribution in [-0.4, -0.2) is 30.2 Å². The second-order valence-electron chi connectivity index (χ2n) is 6.19. The molecule has 0 radical (unpaired) electrons. The highest BCUT2D eigenvalue weighted by molar-refractivity contribution is 6.83. The van der Waals surface area contributed by atoms with Gasteiger partial charge in [-0.15, -0.1) is 5.54 Å². The molecule has 2 aromatic heterocycles. The van der Waals surface area contributed by atoms with Crippen LogP contribution in [0.25, 0.3) is 10.9 Å². The van der Waals surface area contributed by atoms with Gasteiger partial charge in [-0.3, -0.25) is 9.59 Å². The average molecular weight is 328 g/mol. The summed E-state index contributed by atoms with van der Waals surface area (Å²) in [5, 5.41) is 0.730. The Hall–Kier alpha value is -2.39. The van der Waals surface area contributed by atoms with Crippen LogP contribution in [0.3, 0.4) is 0 Å². The van der Waals surface area contributed by atoms with Gasteiger partial charge < -0.3 is 9.30 Å². The second-order valence-corrected chi connectivity index (χ2v) is 10.9. The first kappa shape index (κ1) is 17.0. The van der Waals surface area contributed by atoms with Gasteiger partial charge in [0.15, 0.2) is 0 Å². The molecule has 0 aromatic carbocycles. The maximum atomic E-state index is 12.5. The van der Waals surface area contributed by atoms with Crippen molar-refractivity contribution < 1.29 is 9.53 Å². The highest BCUT2D eigenvalue weighted by Crippen LogP contribution is 2.08. The zero-order valence-electron chi connectivity index (χ0n) is 13.8. The van der Waals surface area contributed by atoms with Gasteiger partial charge in [0.1, 0.15) is 25.8 Å². The van der Waals surface area contributed by atoms with Crippen molar-refractivity contribution in [1.82, 2.24) is 9.55 Å². The van der Waals surface area contributed by atoms with Gasteiger partial charge in [-0.1, -0.05) is 25.6 Å². The third-order valence-electron chi connectivity index (χ3n) is 2.99. The fourth-order valence-corrected chi connectivity index (χ4v) is 2.44. The fourth-order valence-electron chi connectivity index (χ4n) is 1.94. The Balaban J connectivity index is 2.44. The van der Waals surface area contributed by atoms with E-state index < -0.39 is 14.0 Å². The van der Waals surface area contributed by atoms with Gasteiger partial charge in [-0.25, -0.2) is 4.98 Å². The molecule has 6 heteroatoms. The number of hydrogen-bond acceptors (Lipinski definition) is 4. The average Bonchev–Trinajstić information content (AvgIpc) is 2.48. The van der Waals surface area contributed by atoms with E-state index in [2.05, 4.69) is 36.1 Å². The van der Waals surface area contributed by atoms with Crippen LogP contribution in [0, 0.1) is 11.5 Å². The maximum absolute atomic E-state index is 12.5. The molecular weight excluding hydrogens is 308 g/mol. The number of carbonyl (C=O) groups excluding carboxylic acids is 1. The summed E-state index contributed by atoms with van der Waals surface area (Å²) in [7, 11) is -1.51. The molecular formula is C17H20N2O3Si. The van der Waals surface area contributed by atoms with Crippen LogP contribution in [0.15, 0.2) is 29.2 Å². The summed E-state index contributed by atoms with van der Waals surface area (Å²) in [4.78, 5) is 28.4. The number of ether oxygens (including phenoxy) is 1. The number of fused-ring (bicyclic) bond motifs is 1. The van der Waals surface area contributed by atoms with E-state index in [-0.39, 0.29) is 18.7 Å². The molecule has 0 aliphatic heterocycles. The molecule has 120 valence electrons. The monoisotopic (exact) mass is 328 g/mol. The first-order valence-electron chi connectivity index (χ1n) is 7.49. The number of aromatic nitrogens is 2. The zero-order chi connectivity index (χ0) is 17.0. The molecule has 0 N–H and O–H groups in total. The molecule has 0 bridgehead atoms. The van der Waals surface area contributed by atoms with Gasteiger partial charge >= 0.3 is 5.97 Å². The Bertz CT molecular complexity index is 854. The predicted octanol–water partition coefficient (Wildman–Crippen LogP) is 2.19. The minimum absolute atomic E-state index is 0.116. The van der Waals surface area contributed by atoms with E-state index in [1.165, 1.54) is 4.57 Å². The summed E-state index contributed by atoms with van der Waals surface area (Å²) in [5.74, 6) is 2.60. The van der Waals surface area contributed by atoms with Gasteiger partial charge in [0, 0.05) is 11.6 Å². The molecule has 23 heavy (non-hydrogen) atoms. The molecule has 0 aliphatic carbocycles. The lowest BCUT2D eigenvalue weighted by molar-refractivity contribution is -0.143. The molecule has 0 fully saturated rings. The number of pyridine rings is 2. The largest absolute Gasteiger partial charge is 0.465 e. The topological polar surface area (TPSA) is 61.2 Å². The van der Waals surface area contributed by atoms with Crippen LogP contribution in [-0.2, 0) is 16.1 Å². The SMILES string of the molecule is CCOC(=O)Cn1ccc2ccc(C#C[Si](C)(C)C)nc2c1=O. The zero-order valence-corrected chi connectivity index (χ0v) is 14.8. The van der Waals surface area contributed by atoms with E-state index in [4.69, 9.17) is 4.74 Å². The summed E-state index contributed by atoms with van der Waals surface area (Å²) in [6.07, 6.45) is 1.58. The molecule has 0 spiro atoms. The summed E-state index contributed by atoms with van der Waals surface area (Å²) in [6, 6.07) is 5.40. The highest BCUT2D eigenvalue weighted by atomic mass is 28.3. The molecule has 0 aliphatic rings. The minimum atomic E-state index is -1.51. The molecule has 0 saturated heterocycles. The number of hydrogen-bond donors (Lipinski definition) is 0. The van der Waals surface area contributed by atoms with Crippen molar-refractivity contribution >= 4 is 24.9 Å².